The molecule has 0 saturated carbocycles. The molecule has 0 aliphatic rings. The minimum absolute atomic E-state index is 0.643. The molecule has 0 N–H and O–H groups in total. The Morgan fingerprint density at radius 2 is 1.77 bits per heavy atom. The van der Waals surface area contributed by atoms with E-state index in [1.54, 1.807) is 7.11 Å². The highest BCUT2D eigenvalue weighted by molar-refractivity contribution is 5.53. The van der Waals surface area contributed by atoms with Gasteiger partial charge in [-0.15, -0.1) is 0 Å². The Balaban J connectivity index is 1.58. The van der Waals surface area contributed by atoms with Crippen LogP contribution in [0.2, 0.25) is 0 Å². The normalized spacial score (nSPS) is 11.1. The number of hydrogen-bond donors (Lipinski definition) is 0. The fourth-order valence-corrected chi connectivity index (χ4v) is 3.19. The van der Waals surface area contributed by atoms with Crippen LogP contribution in [-0.4, -0.2) is 35.7 Å². The molecule has 0 spiro atoms. The van der Waals surface area contributed by atoms with Crippen LogP contribution in [0.3, 0.4) is 0 Å². The fraction of sp³-hybridized carbons (Fsp3) is 0.333. The van der Waals surface area contributed by atoms with Crippen LogP contribution in [0.25, 0.3) is 11.4 Å². The van der Waals surface area contributed by atoms with Gasteiger partial charge in [0, 0.05) is 25.1 Å². The molecule has 0 fully saturated rings. The summed E-state index contributed by atoms with van der Waals surface area (Å²) in [6.45, 7) is 5.88. The van der Waals surface area contributed by atoms with Crippen molar-refractivity contribution in [3.8, 4) is 17.1 Å². The smallest absolute Gasteiger partial charge is 0.228 e. The average molecular weight is 351 g/mol. The van der Waals surface area contributed by atoms with Crippen LogP contribution in [0.1, 0.15) is 22.6 Å². The minimum atomic E-state index is 0.643. The number of nitrogens with zero attached hydrogens (tertiary/aromatic N) is 3. The van der Waals surface area contributed by atoms with E-state index < -0.39 is 0 Å². The van der Waals surface area contributed by atoms with Gasteiger partial charge in [-0.25, -0.2) is 0 Å². The summed E-state index contributed by atoms with van der Waals surface area (Å²) in [5, 5.41) is 4.07. The number of ether oxygens (including phenoxy) is 1. The third-order valence-corrected chi connectivity index (χ3v) is 4.38. The predicted octanol–water partition coefficient (Wildman–Crippen LogP) is 4.04. The maximum Gasteiger partial charge on any atom is 0.228 e. The van der Waals surface area contributed by atoms with E-state index in [2.05, 4.69) is 48.1 Å². The second-order valence-corrected chi connectivity index (χ2v) is 6.63. The van der Waals surface area contributed by atoms with Gasteiger partial charge in [-0.05, 0) is 37.6 Å². The molecule has 0 unspecified atom stereocenters. The van der Waals surface area contributed by atoms with Crippen LogP contribution >= 0.6 is 0 Å². The van der Waals surface area contributed by atoms with Crippen molar-refractivity contribution in [2.24, 2.45) is 0 Å². The molecule has 0 bridgehead atoms. The summed E-state index contributed by atoms with van der Waals surface area (Å²) in [5.41, 5.74) is 4.58. The molecule has 0 aliphatic carbocycles. The van der Waals surface area contributed by atoms with Crippen molar-refractivity contribution < 1.29 is 9.26 Å². The second kappa shape index (κ2) is 8.15. The van der Waals surface area contributed by atoms with Gasteiger partial charge in [0.1, 0.15) is 5.75 Å². The molecule has 0 aliphatic heterocycles. The first kappa shape index (κ1) is 18.1. The molecule has 3 aromatic rings. The van der Waals surface area contributed by atoms with Crippen molar-refractivity contribution in [3.05, 3.63) is 65.0 Å². The third-order valence-electron chi connectivity index (χ3n) is 4.38. The van der Waals surface area contributed by atoms with Crippen LogP contribution in [0.5, 0.6) is 5.75 Å². The number of aromatic nitrogens is 2. The van der Waals surface area contributed by atoms with Gasteiger partial charge >= 0.3 is 0 Å². The van der Waals surface area contributed by atoms with E-state index in [0.717, 1.165) is 30.8 Å². The standard InChI is InChI=1S/C21H25N3O2/c1-15-12-17(13-16(2)20(15)25-4)14-24(3)11-10-19-22-21(23-26-19)18-8-6-5-7-9-18/h5-9,12-13H,10-11,14H2,1-4H3. The lowest BCUT2D eigenvalue weighted by Crippen LogP contribution is -2.21. The van der Waals surface area contributed by atoms with E-state index in [0.29, 0.717) is 11.7 Å². The maximum absolute atomic E-state index is 5.44. The largest absolute Gasteiger partial charge is 0.496 e. The zero-order chi connectivity index (χ0) is 18.5. The number of likely N-dealkylation sites (N-methyl/N-ethyl adjacent to an activating group) is 1. The number of benzene rings is 2. The Labute approximate surface area is 154 Å². The Morgan fingerprint density at radius 3 is 2.42 bits per heavy atom. The molecule has 1 aromatic heterocycles. The molecule has 1 heterocycles. The van der Waals surface area contributed by atoms with E-state index >= 15 is 0 Å². The third kappa shape index (κ3) is 4.29. The lowest BCUT2D eigenvalue weighted by Gasteiger charge is -2.17. The highest BCUT2D eigenvalue weighted by Crippen LogP contribution is 2.24. The first-order chi connectivity index (χ1) is 12.6. The lowest BCUT2D eigenvalue weighted by atomic mass is 10.1. The average Bonchev–Trinajstić information content (AvgIpc) is 3.10. The highest BCUT2D eigenvalue weighted by Gasteiger charge is 2.11. The van der Waals surface area contributed by atoms with Crippen molar-refractivity contribution in [1.82, 2.24) is 15.0 Å². The van der Waals surface area contributed by atoms with Crippen molar-refractivity contribution in [3.63, 3.8) is 0 Å². The van der Waals surface area contributed by atoms with Gasteiger partial charge < -0.3 is 14.2 Å². The van der Waals surface area contributed by atoms with Crippen LogP contribution in [0, 0.1) is 13.8 Å². The molecular formula is C21H25N3O2. The van der Waals surface area contributed by atoms with Crippen molar-refractivity contribution in [2.45, 2.75) is 26.8 Å². The maximum atomic E-state index is 5.44. The van der Waals surface area contributed by atoms with Gasteiger partial charge in [-0.2, -0.15) is 4.98 Å². The topological polar surface area (TPSA) is 51.4 Å². The summed E-state index contributed by atoms with van der Waals surface area (Å²) >= 11 is 0. The first-order valence-electron chi connectivity index (χ1n) is 8.77. The summed E-state index contributed by atoms with van der Waals surface area (Å²) in [4.78, 5) is 6.75. The SMILES string of the molecule is COc1c(C)cc(CN(C)CCc2nc(-c3ccccc3)no2)cc1C. The highest BCUT2D eigenvalue weighted by atomic mass is 16.5. The molecule has 0 radical (unpaired) electrons. The monoisotopic (exact) mass is 351 g/mol. The molecule has 26 heavy (non-hydrogen) atoms. The van der Waals surface area contributed by atoms with E-state index in [1.807, 2.05) is 30.3 Å². The summed E-state index contributed by atoms with van der Waals surface area (Å²) in [6, 6.07) is 14.2. The second-order valence-electron chi connectivity index (χ2n) is 6.63. The van der Waals surface area contributed by atoms with Gasteiger partial charge in [0.15, 0.2) is 0 Å². The van der Waals surface area contributed by atoms with Gasteiger partial charge in [-0.1, -0.05) is 47.6 Å². The van der Waals surface area contributed by atoms with Crippen molar-refractivity contribution in [2.75, 3.05) is 20.7 Å². The van der Waals surface area contributed by atoms with E-state index in [1.165, 1.54) is 16.7 Å². The lowest BCUT2D eigenvalue weighted by molar-refractivity contribution is 0.303. The molecule has 0 amide bonds. The zero-order valence-electron chi connectivity index (χ0n) is 15.8. The summed E-state index contributed by atoms with van der Waals surface area (Å²) in [6.07, 6.45) is 0.727. The number of aryl methyl sites for hydroxylation is 2. The van der Waals surface area contributed by atoms with Crippen LogP contribution in [0.4, 0.5) is 0 Å². The first-order valence-corrected chi connectivity index (χ1v) is 8.77. The van der Waals surface area contributed by atoms with Gasteiger partial charge in [0.2, 0.25) is 11.7 Å². The number of methoxy groups -OCH3 is 1. The molecule has 2 aromatic carbocycles. The van der Waals surface area contributed by atoms with Gasteiger partial charge in [0.25, 0.3) is 0 Å². The molecule has 3 rings (SSSR count). The molecule has 136 valence electrons. The Hall–Kier alpha value is -2.66. The molecule has 5 nitrogen and oxygen atoms in total. The van der Waals surface area contributed by atoms with E-state index in [-0.39, 0.29) is 0 Å². The summed E-state index contributed by atoms with van der Waals surface area (Å²) in [5.74, 6) is 2.28. The van der Waals surface area contributed by atoms with E-state index in [9.17, 15) is 0 Å². The van der Waals surface area contributed by atoms with Crippen LogP contribution < -0.4 is 4.74 Å². The van der Waals surface area contributed by atoms with E-state index in [4.69, 9.17) is 9.26 Å². The van der Waals surface area contributed by atoms with Crippen molar-refractivity contribution >= 4 is 0 Å². The molecule has 0 atom stereocenters. The summed E-state index contributed by atoms with van der Waals surface area (Å²) in [7, 11) is 3.82. The van der Waals surface area contributed by atoms with Gasteiger partial charge in [-0.3, -0.25) is 0 Å². The molecule has 5 heteroatoms. The summed E-state index contributed by atoms with van der Waals surface area (Å²) < 4.78 is 10.8. The predicted molar refractivity (Wildman–Crippen MR) is 102 cm³/mol. The zero-order valence-corrected chi connectivity index (χ0v) is 15.8. The Bertz CT molecular complexity index is 836. The van der Waals surface area contributed by atoms with Crippen molar-refractivity contribution in [1.29, 1.82) is 0 Å². The number of hydrogen-bond acceptors (Lipinski definition) is 5. The fourth-order valence-electron chi connectivity index (χ4n) is 3.19. The Kier molecular flexibility index (Phi) is 5.68. The quantitative estimate of drug-likeness (QED) is 0.643. The minimum Gasteiger partial charge on any atom is -0.496 e. The molecular weight excluding hydrogens is 326 g/mol. The number of rotatable bonds is 7. The Morgan fingerprint density at radius 1 is 1.08 bits per heavy atom. The van der Waals surface area contributed by atoms with Gasteiger partial charge in [0.05, 0.1) is 7.11 Å². The van der Waals surface area contributed by atoms with Crippen LogP contribution in [0.15, 0.2) is 47.0 Å². The molecule has 0 saturated heterocycles. The van der Waals surface area contributed by atoms with Crippen LogP contribution in [-0.2, 0) is 13.0 Å².